The second kappa shape index (κ2) is 12.1. The van der Waals surface area contributed by atoms with Gasteiger partial charge in [-0.05, 0) is 31.0 Å². The molecule has 12 heteroatoms. The summed E-state index contributed by atoms with van der Waals surface area (Å²) in [5.41, 5.74) is 6.27. The Morgan fingerprint density at radius 3 is 2.10 bits per heavy atom. The van der Waals surface area contributed by atoms with Crippen molar-refractivity contribution in [2.45, 2.75) is 44.3 Å². The molecule has 8 N–H and O–H groups in total. The van der Waals surface area contributed by atoms with Gasteiger partial charge in [-0.2, -0.15) is 0 Å². The molecule has 31 heavy (non-hydrogen) atoms. The van der Waals surface area contributed by atoms with Crippen LogP contribution in [0.15, 0.2) is 24.3 Å². The van der Waals surface area contributed by atoms with Crippen LogP contribution in [0.2, 0.25) is 0 Å². The zero-order valence-corrected chi connectivity index (χ0v) is 16.8. The summed E-state index contributed by atoms with van der Waals surface area (Å²) in [6.07, 6.45) is -0.472. The average molecular weight is 438 g/mol. The Hall–Kier alpha value is -3.67. The van der Waals surface area contributed by atoms with Crippen LogP contribution in [0.1, 0.15) is 25.3 Å². The van der Waals surface area contributed by atoms with Crippen molar-refractivity contribution in [1.82, 2.24) is 16.0 Å². The highest BCUT2D eigenvalue weighted by Crippen LogP contribution is 2.12. The van der Waals surface area contributed by atoms with E-state index in [1.165, 1.54) is 31.2 Å². The molecule has 0 heterocycles. The smallest absolute Gasteiger partial charge is 0.322 e. The second-order valence-corrected chi connectivity index (χ2v) is 6.81. The molecule has 0 radical (unpaired) electrons. The van der Waals surface area contributed by atoms with Gasteiger partial charge in [0.05, 0.1) is 6.04 Å². The number of carbonyl (C=O) groups is 5. The number of nitrogens with two attached hydrogens (primary N) is 1. The van der Waals surface area contributed by atoms with Gasteiger partial charge in [0.25, 0.3) is 0 Å². The van der Waals surface area contributed by atoms with Crippen molar-refractivity contribution < 1.29 is 39.3 Å². The fourth-order valence-corrected chi connectivity index (χ4v) is 2.46. The third-order valence-corrected chi connectivity index (χ3v) is 4.18. The molecule has 0 aliphatic carbocycles. The Kier molecular flexibility index (Phi) is 9.92. The number of nitrogens with one attached hydrogen (secondary N) is 3. The number of hydrogen-bond donors (Lipinski definition) is 7. The third-order valence-electron chi connectivity index (χ3n) is 4.18. The molecule has 0 fully saturated rings. The van der Waals surface area contributed by atoms with E-state index < -0.39 is 54.3 Å². The Morgan fingerprint density at radius 2 is 1.55 bits per heavy atom. The topological polar surface area (TPSA) is 208 Å². The second-order valence-electron chi connectivity index (χ2n) is 6.81. The lowest BCUT2D eigenvalue weighted by Crippen LogP contribution is -2.56. The standard InChI is InChI=1S/C19H26N4O8/c1-10(17(29)21-9-16(27)28)22-19(31)14(8-11-2-4-12(24)5-3-11)23-18(30)13(20)6-7-15(25)26/h2-5,10,13-14,24H,6-9,20H2,1H3,(H,21,29)(H,22,31)(H,23,30)(H,25,26)(H,27,28). The number of carboxylic acids is 2. The summed E-state index contributed by atoms with van der Waals surface area (Å²) in [6.45, 7) is 0.720. The first kappa shape index (κ1) is 25.4. The van der Waals surface area contributed by atoms with Crippen LogP contribution < -0.4 is 21.7 Å². The summed E-state index contributed by atoms with van der Waals surface area (Å²) in [5.74, 6) is -4.58. The number of phenols is 1. The van der Waals surface area contributed by atoms with E-state index in [1.807, 2.05) is 0 Å². The predicted molar refractivity (Wildman–Crippen MR) is 107 cm³/mol. The average Bonchev–Trinajstić information content (AvgIpc) is 2.70. The molecule has 0 aromatic heterocycles. The molecule has 1 aromatic rings. The van der Waals surface area contributed by atoms with Crippen LogP contribution in [-0.2, 0) is 30.4 Å². The van der Waals surface area contributed by atoms with Gasteiger partial charge in [-0.3, -0.25) is 24.0 Å². The number of hydrogen-bond acceptors (Lipinski definition) is 7. The van der Waals surface area contributed by atoms with Gasteiger partial charge in [-0.15, -0.1) is 0 Å². The van der Waals surface area contributed by atoms with Crippen LogP contribution in [0.25, 0.3) is 0 Å². The molecule has 0 aliphatic heterocycles. The molecule has 3 atom stereocenters. The van der Waals surface area contributed by atoms with Crippen LogP contribution in [0.4, 0.5) is 0 Å². The number of aromatic hydroxyl groups is 1. The number of carbonyl (C=O) groups excluding carboxylic acids is 3. The predicted octanol–water partition coefficient (Wildman–Crippen LogP) is -1.68. The van der Waals surface area contributed by atoms with E-state index in [2.05, 4.69) is 16.0 Å². The maximum Gasteiger partial charge on any atom is 0.322 e. The van der Waals surface area contributed by atoms with Gasteiger partial charge in [0.1, 0.15) is 24.4 Å². The van der Waals surface area contributed by atoms with Gasteiger partial charge in [0.15, 0.2) is 0 Å². The quantitative estimate of drug-likeness (QED) is 0.198. The van der Waals surface area contributed by atoms with Crippen molar-refractivity contribution >= 4 is 29.7 Å². The zero-order valence-electron chi connectivity index (χ0n) is 16.8. The summed E-state index contributed by atoms with van der Waals surface area (Å²) in [6, 6.07) is 2.45. The van der Waals surface area contributed by atoms with E-state index in [0.717, 1.165) is 0 Å². The minimum atomic E-state index is -1.25. The van der Waals surface area contributed by atoms with Crippen LogP contribution >= 0.6 is 0 Å². The maximum atomic E-state index is 12.7. The normalized spacial score (nSPS) is 13.4. The van der Waals surface area contributed by atoms with Gasteiger partial charge in [0, 0.05) is 12.8 Å². The summed E-state index contributed by atoms with van der Waals surface area (Å²) in [5, 5.41) is 33.7. The molecule has 170 valence electrons. The van der Waals surface area contributed by atoms with Crippen molar-refractivity contribution in [2.24, 2.45) is 5.73 Å². The van der Waals surface area contributed by atoms with Gasteiger partial charge in [-0.25, -0.2) is 0 Å². The summed E-state index contributed by atoms with van der Waals surface area (Å²) in [7, 11) is 0. The van der Waals surface area contributed by atoms with Crippen LogP contribution in [0.5, 0.6) is 5.75 Å². The molecular formula is C19H26N4O8. The molecule has 1 rings (SSSR count). The number of benzene rings is 1. The molecule has 0 spiro atoms. The molecule has 12 nitrogen and oxygen atoms in total. The van der Waals surface area contributed by atoms with Crippen molar-refractivity contribution in [3.8, 4) is 5.75 Å². The van der Waals surface area contributed by atoms with E-state index in [-0.39, 0.29) is 25.0 Å². The van der Waals surface area contributed by atoms with Gasteiger partial charge < -0.3 is 37.0 Å². The van der Waals surface area contributed by atoms with Crippen molar-refractivity contribution in [2.75, 3.05) is 6.54 Å². The van der Waals surface area contributed by atoms with E-state index in [0.29, 0.717) is 5.56 Å². The molecule has 0 saturated carbocycles. The first-order valence-electron chi connectivity index (χ1n) is 9.35. The van der Waals surface area contributed by atoms with Crippen molar-refractivity contribution in [3.05, 3.63) is 29.8 Å². The Morgan fingerprint density at radius 1 is 0.935 bits per heavy atom. The highest BCUT2D eigenvalue weighted by atomic mass is 16.4. The van der Waals surface area contributed by atoms with Gasteiger partial charge >= 0.3 is 11.9 Å². The number of aliphatic carboxylic acids is 2. The lowest BCUT2D eigenvalue weighted by molar-refractivity contribution is -0.139. The molecule has 0 bridgehead atoms. The Labute approximate surface area is 177 Å². The summed E-state index contributed by atoms with van der Waals surface area (Å²) >= 11 is 0. The first-order valence-corrected chi connectivity index (χ1v) is 9.35. The SMILES string of the molecule is CC(NC(=O)C(Cc1ccc(O)cc1)NC(=O)C(N)CCC(=O)O)C(=O)NCC(=O)O. The minimum Gasteiger partial charge on any atom is -0.508 e. The van der Waals surface area contributed by atoms with Gasteiger partial charge in [0.2, 0.25) is 17.7 Å². The molecule has 3 unspecified atom stereocenters. The molecule has 3 amide bonds. The number of phenolic OH excluding ortho intramolecular Hbond substituents is 1. The van der Waals surface area contributed by atoms with Crippen LogP contribution in [0.3, 0.4) is 0 Å². The molecule has 0 aliphatic rings. The lowest BCUT2D eigenvalue weighted by atomic mass is 10.0. The molecule has 1 aromatic carbocycles. The Bertz CT molecular complexity index is 812. The fourth-order valence-electron chi connectivity index (χ4n) is 2.46. The third kappa shape index (κ3) is 9.58. The van der Waals surface area contributed by atoms with E-state index in [1.54, 1.807) is 0 Å². The fraction of sp³-hybridized carbons (Fsp3) is 0.421. The van der Waals surface area contributed by atoms with E-state index in [9.17, 15) is 29.1 Å². The molecular weight excluding hydrogens is 412 g/mol. The Balaban J connectivity index is 2.87. The monoisotopic (exact) mass is 438 g/mol. The summed E-state index contributed by atoms with van der Waals surface area (Å²) in [4.78, 5) is 58.1. The highest BCUT2D eigenvalue weighted by molar-refractivity contribution is 5.93. The number of amides is 3. The van der Waals surface area contributed by atoms with E-state index in [4.69, 9.17) is 15.9 Å². The zero-order chi connectivity index (χ0) is 23.6. The van der Waals surface area contributed by atoms with Crippen LogP contribution in [-0.4, -0.2) is 69.7 Å². The largest absolute Gasteiger partial charge is 0.508 e. The van der Waals surface area contributed by atoms with Crippen molar-refractivity contribution in [3.63, 3.8) is 0 Å². The number of carboxylic acid groups (broad SMARTS) is 2. The van der Waals surface area contributed by atoms with Gasteiger partial charge in [-0.1, -0.05) is 12.1 Å². The number of rotatable bonds is 12. The lowest BCUT2D eigenvalue weighted by Gasteiger charge is -2.22. The molecule has 0 saturated heterocycles. The minimum absolute atomic E-state index is 0.00698. The van der Waals surface area contributed by atoms with Crippen LogP contribution in [0, 0.1) is 0 Å². The van der Waals surface area contributed by atoms with Crippen molar-refractivity contribution in [1.29, 1.82) is 0 Å². The van der Waals surface area contributed by atoms with E-state index >= 15 is 0 Å². The first-order chi connectivity index (χ1) is 14.5. The maximum absolute atomic E-state index is 12.7. The highest BCUT2D eigenvalue weighted by Gasteiger charge is 2.27. The summed E-state index contributed by atoms with van der Waals surface area (Å²) < 4.78 is 0.